The highest BCUT2D eigenvalue weighted by Gasteiger charge is 2.24. The molecule has 2 aromatic rings. The molecule has 0 radical (unpaired) electrons. The molecule has 0 unspecified atom stereocenters. The lowest BCUT2D eigenvalue weighted by Crippen LogP contribution is -2.03. The Morgan fingerprint density at radius 1 is 1.19 bits per heavy atom. The molecule has 1 saturated carbocycles. The van der Waals surface area contributed by atoms with Crippen molar-refractivity contribution in [1.82, 2.24) is 9.97 Å². The van der Waals surface area contributed by atoms with E-state index in [-0.39, 0.29) is 0 Å². The van der Waals surface area contributed by atoms with Gasteiger partial charge in [0.25, 0.3) is 0 Å². The highest BCUT2D eigenvalue weighted by molar-refractivity contribution is 9.10. The predicted molar refractivity (Wildman–Crippen MR) is 90.8 cm³/mol. The largest absolute Gasteiger partial charge is 0.231 e. The first-order valence-electron chi connectivity index (χ1n) is 7.52. The van der Waals surface area contributed by atoms with E-state index in [1.165, 1.54) is 31.2 Å². The minimum absolute atomic E-state index is 0.507. The summed E-state index contributed by atoms with van der Waals surface area (Å²) >= 11 is 9.92. The second-order valence-electron chi connectivity index (χ2n) is 5.53. The second-order valence-corrected chi connectivity index (χ2v) is 6.68. The van der Waals surface area contributed by atoms with E-state index in [0.29, 0.717) is 11.1 Å². The zero-order valence-corrected chi connectivity index (χ0v) is 14.4. The van der Waals surface area contributed by atoms with Crippen molar-refractivity contribution in [3.05, 3.63) is 45.1 Å². The van der Waals surface area contributed by atoms with Gasteiger partial charge in [-0.1, -0.05) is 55.6 Å². The van der Waals surface area contributed by atoms with E-state index in [1.54, 1.807) is 0 Å². The lowest BCUT2D eigenvalue weighted by atomic mass is 10.0. The van der Waals surface area contributed by atoms with Crippen LogP contribution in [0.4, 0.5) is 0 Å². The fourth-order valence-corrected chi connectivity index (χ4v) is 3.75. The Bertz CT molecular complexity index is 651. The third kappa shape index (κ3) is 3.00. The van der Waals surface area contributed by atoms with Crippen LogP contribution in [0.25, 0.3) is 11.4 Å². The third-order valence-electron chi connectivity index (χ3n) is 4.22. The van der Waals surface area contributed by atoms with Crippen LogP contribution in [-0.2, 0) is 6.42 Å². The van der Waals surface area contributed by atoms with Crippen LogP contribution in [0.15, 0.2) is 28.7 Å². The number of halogens is 2. The van der Waals surface area contributed by atoms with Crippen LogP contribution in [0.2, 0.25) is 5.15 Å². The molecule has 1 aliphatic carbocycles. The van der Waals surface area contributed by atoms with Crippen molar-refractivity contribution in [2.75, 3.05) is 0 Å². The summed E-state index contributed by atoms with van der Waals surface area (Å²) in [6.45, 7) is 2.15. The van der Waals surface area contributed by atoms with Crippen molar-refractivity contribution < 1.29 is 0 Å². The van der Waals surface area contributed by atoms with Gasteiger partial charge in [0.15, 0.2) is 5.82 Å². The van der Waals surface area contributed by atoms with Crippen LogP contribution >= 0.6 is 27.5 Å². The maximum Gasteiger partial charge on any atom is 0.161 e. The molecular formula is C17H18BrClN2. The molecule has 0 aliphatic heterocycles. The van der Waals surface area contributed by atoms with Crippen LogP contribution in [0.3, 0.4) is 0 Å². The van der Waals surface area contributed by atoms with Gasteiger partial charge in [-0.15, -0.1) is 0 Å². The van der Waals surface area contributed by atoms with Crippen LogP contribution in [0.5, 0.6) is 0 Å². The molecule has 2 nitrogen and oxygen atoms in total. The molecule has 110 valence electrons. The van der Waals surface area contributed by atoms with E-state index in [2.05, 4.69) is 46.0 Å². The lowest BCUT2D eigenvalue weighted by molar-refractivity contribution is 0.690. The average molecular weight is 366 g/mol. The highest BCUT2D eigenvalue weighted by atomic mass is 79.9. The molecular weight excluding hydrogens is 348 g/mol. The van der Waals surface area contributed by atoms with Crippen molar-refractivity contribution in [2.24, 2.45) is 0 Å². The fourth-order valence-electron chi connectivity index (χ4n) is 3.07. The number of benzene rings is 1. The zero-order chi connectivity index (χ0) is 14.8. The van der Waals surface area contributed by atoms with Gasteiger partial charge in [-0.3, -0.25) is 0 Å². The standard InChI is InChI=1S/C17H18BrClN2/c1-2-11-7-5-6-10-13(11)17-20-15(12-8-3-4-9-12)14(18)16(19)21-17/h5-7,10,12H,2-4,8-9H2,1H3. The minimum Gasteiger partial charge on any atom is -0.231 e. The maximum absolute atomic E-state index is 6.34. The van der Waals surface area contributed by atoms with E-state index in [0.717, 1.165) is 28.0 Å². The Morgan fingerprint density at radius 2 is 1.90 bits per heavy atom. The molecule has 3 rings (SSSR count). The molecule has 1 aromatic heterocycles. The van der Waals surface area contributed by atoms with Crippen LogP contribution in [0.1, 0.15) is 49.8 Å². The number of nitrogens with zero attached hydrogens (tertiary/aromatic N) is 2. The smallest absolute Gasteiger partial charge is 0.161 e. The average Bonchev–Trinajstić information content (AvgIpc) is 3.04. The van der Waals surface area contributed by atoms with Crippen molar-refractivity contribution in [2.45, 2.75) is 44.9 Å². The molecule has 0 saturated heterocycles. The van der Waals surface area contributed by atoms with E-state index in [9.17, 15) is 0 Å². The molecule has 0 spiro atoms. The monoisotopic (exact) mass is 364 g/mol. The summed E-state index contributed by atoms with van der Waals surface area (Å²) < 4.78 is 0.869. The molecule has 1 heterocycles. The first-order valence-corrected chi connectivity index (χ1v) is 8.69. The summed E-state index contributed by atoms with van der Waals surface area (Å²) in [5.74, 6) is 1.26. The predicted octanol–water partition coefficient (Wildman–Crippen LogP) is 5.78. The lowest BCUT2D eigenvalue weighted by Gasteiger charge is -2.14. The molecule has 0 bridgehead atoms. The van der Waals surface area contributed by atoms with Crippen molar-refractivity contribution in [1.29, 1.82) is 0 Å². The van der Waals surface area contributed by atoms with Gasteiger partial charge in [0.2, 0.25) is 0 Å². The van der Waals surface area contributed by atoms with Gasteiger partial charge in [0, 0.05) is 11.5 Å². The Hall–Kier alpha value is -0.930. The zero-order valence-electron chi connectivity index (χ0n) is 12.1. The van der Waals surface area contributed by atoms with Crippen molar-refractivity contribution in [3.63, 3.8) is 0 Å². The Kier molecular flexibility index (Phi) is 4.60. The summed E-state index contributed by atoms with van der Waals surface area (Å²) in [5.41, 5.74) is 3.43. The van der Waals surface area contributed by atoms with Gasteiger partial charge in [-0.2, -0.15) is 0 Å². The van der Waals surface area contributed by atoms with Gasteiger partial charge in [0.05, 0.1) is 10.2 Å². The molecule has 21 heavy (non-hydrogen) atoms. The summed E-state index contributed by atoms with van der Waals surface area (Å²) in [6.07, 6.45) is 5.91. The third-order valence-corrected chi connectivity index (χ3v) is 5.50. The number of hydrogen-bond donors (Lipinski definition) is 0. The Morgan fingerprint density at radius 3 is 2.62 bits per heavy atom. The van der Waals surface area contributed by atoms with Gasteiger partial charge in [0.1, 0.15) is 5.15 Å². The summed E-state index contributed by atoms with van der Waals surface area (Å²) in [6, 6.07) is 8.30. The first-order chi connectivity index (χ1) is 10.2. The number of aryl methyl sites for hydroxylation is 1. The topological polar surface area (TPSA) is 25.8 Å². The molecule has 0 N–H and O–H groups in total. The number of hydrogen-bond acceptors (Lipinski definition) is 2. The second kappa shape index (κ2) is 6.45. The molecule has 1 aliphatic rings. The Balaban J connectivity index is 2.11. The van der Waals surface area contributed by atoms with Crippen LogP contribution in [0, 0.1) is 0 Å². The van der Waals surface area contributed by atoms with E-state index in [1.807, 2.05) is 6.07 Å². The van der Waals surface area contributed by atoms with Gasteiger partial charge in [-0.25, -0.2) is 9.97 Å². The maximum atomic E-state index is 6.34. The van der Waals surface area contributed by atoms with Gasteiger partial charge in [-0.05, 0) is 40.8 Å². The van der Waals surface area contributed by atoms with Crippen molar-refractivity contribution >= 4 is 27.5 Å². The molecule has 1 fully saturated rings. The van der Waals surface area contributed by atoms with Crippen molar-refractivity contribution in [3.8, 4) is 11.4 Å². The minimum atomic E-state index is 0.507. The van der Waals surface area contributed by atoms with E-state index in [4.69, 9.17) is 16.6 Å². The van der Waals surface area contributed by atoms with E-state index < -0.39 is 0 Å². The summed E-state index contributed by atoms with van der Waals surface area (Å²) in [5, 5.41) is 0.521. The summed E-state index contributed by atoms with van der Waals surface area (Å²) in [4.78, 5) is 9.34. The van der Waals surface area contributed by atoms with Crippen LogP contribution < -0.4 is 0 Å². The first kappa shape index (κ1) is 15.0. The van der Waals surface area contributed by atoms with Gasteiger partial charge >= 0.3 is 0 Å². The number of aromatic nitrogens is 2. The highest BCUT2D eigenvalue weighted by Crippen LogP contribution is 2.39. The molecule has 0 amide bonds. The quantitative estimate of drug-likeness (QED) is 0.644. The van der Waals surface area contributed by atoms with Gasteiger partial charge < -0.3 is 0 Å². The summed E-state index contributed by atoms with van der Waals surface area (Å²) in [7, 11) is 0. The van der Waals surface area contributed by atoms with E-state index >= 15 is 0 Å². The fraction of sp³-hybridized carbons (Fsp3) is 0.412. The molecule has 0 atom stereocenters. The molecule has 1 aromatic carbocycles. The molecule has 4 heteroatoms. The number of rotatable bonds is 3. The SMILES string of the molecule is CCc1ccccc1-c1nc(Cl)c(Br)c(C2CCCC2)n1. The normalized spacial score (nSPS) is 15.6. The Labute approximate surface area is 139 Å². The van der Waals surface area contributed by atoms with Crippen LogP contribution in [-0.4, -0.2) is 9.97 Å².